The van der Waals surface area contributed by atoms with Crippen LogP contribution in [0.25, 0.3) is 16.9 Å². The van der Waals surface area contributed by atoms with Gasteiger partial charge >= 0.3 is 0 Å². The number of benzene rings is 3. The molecule has 1 heterocycles. The molecule has 0 atom stereocenters. The van der Waals surface area contributed by atoms with Crippen molar-refractivity contribution in [2.24, 2.45) is 5.92 Å². The molecule has 2 amide bonds. The van der Waals surface area contributed by atoms with Crippen molar-refractivity contribution in [1.29, 1.82) is 0 Å². The molecule has 5 rings (SSSR count). The number of aromatic nitrogens is 2. The summed E-state index contributed by atoms with van der Waals surface area (Å²) in [5, 5.41) is 2.99. The predicted molar refractivity (Wildman–Crippen MR) is 147 cm³/mol. The van der Waals surface area contributed by atoms with Gasteiger partial charge in [0, 0.05) is 29.6 Å². The van der Waals surface area contributed by atoms with Crippen molar-refractivity contribution in [1.82, 2.24) is 14.5 Å². The summed E-state index contributed by atoms with van der Waals surface area (Å²) in [6, 6.07) is 23.6. The van der Waals surface area contributed by atoms with E-state index < -0.39 is 0 Å². The normalized spacial score (nSPS) is 12.8. The molecule has 4 aromatic rings. The summed E-state index contributed by atoms with van der Waals surface area (Å²) in [5.41, 5.74) is 6.69. The molecule has 0 radical (unpaired) electrons. The fourth-order valence-corrected chi connectivity index (χ4v) is 4.34. The number of hydrogen-bond acceptors (Lipinski definition) is 3. The Labute approximate surface area is 218 Å². The summed E-state index contributed by atoms with van der Waals surface area (Å²) in [6.07, 6.45) is 4.13. The van der Waals surface area contributed by atoms with E-state index in [4.69, 9.17) is 4.98 Å². The molecule has 0 aliphatic heterocycles. The summed E-state index contributed by atoms with van der Waals surface area (Å²) >= 11 is 0. The molecule has 188 valence electrons. The molecule has 1 saturated carbocycles. The molecule has 6 heteroatoms. The first kappa shape index (κ1) is 24.5. The minimum Gasteiger partial charge on any atom is -0.329 e. The minimum absolute atomic E-state index is 0.0241. The lowest BCUT2D eigenvalue weighted by Crippen LogP contribution is -2.39. The van der Waals surface area contributed by atoms with Crippen molar-refractivity contribution >= 4 is 17.8 Å². The highest BCUT2D eigenvalue weighted by Gasteiger charge is 2.29. The van der Waals surface area contributed by atoms with Crippen LogP contribution >= 0.6 is 0 Å². The smallest absolute Gasteiger partial charge is 0.254 e. The van der Waals surface area contributed by atoms with Crippen LogP contribution in [0.3, 0.4) is 0 Å². The highest BCUT2D eigenvalue weighted by Crippen LogP contribution is 2.30. The summed E-state index contributed by atoms with van der Waals surface area (Å²) in [5.74, 6) is 0.506. The van der Waals surface area contributed by atoms with Crippen molar-refractivity contribution in [3.63, 3.8) is 0 Å². The number of nitrogens with zero attached hydrogens (tertiary/aromatic N) is 3. The van der Waals surface area contributed by atoms with E-state index in [1.54, 1.807) is 4.90 Å². The fraction of sp³-hybridized carbons (Fsp3) is 0.258. The van der Waals surface area contributed by atoms with Gasteiger partial charge in [-0.25, -0.2) is 4.98 Å². The zero-order chi connectivity index (χ0) is 25.9. The Morgan fingerprint density at radius 2 is 1.68 bits per heavy atom. The van der Waals surface area contributed by atoms with Crippen molar-refractivity contribution in [3.8, 4) is 16.9 Å². The number of aryl methyl sites for hydroxylation is 3. The molecular weight excluding hydrogens is 460 g/mol. The van der Waals surface area contributed by atoms with Crippen molar-refractivity contribution in [2.75, 3.05) is 18.4 Å². The highest BCUT2D eigenvalue weighted by atomic mass is 16.2. The molecule has 0 unspecified atom stereocenters. The second-order valence-electron chi connectivity index (χ2n) is 10.00. The molecule has 0 saturated heterocycles. The second kappa shape index (κ2) is 10.4. The third-order valence-electron chi connectivity index (χ3n) is 6.89. The number of anilines is 1. The molecular formula is C31H32N4O2. The molecule has 1 N–H and O–H groups in total. The standard InChI is InChI=1S/C31H32N4O2/c1-21-9-14-26(15-10-21)30(37)34(18-24-12-13-24)20-29(36)33-31-32-28(25-7-5-4-6-8-25)19-35(31)27-16-11-22(2)23(3)17-27/h4-11,14-17,19,24H,12-13,18,20H2,1-3H3,(H,32,33,36). The molecule has 1 aliphatic carbocycles. The third-order valence-corrected chi connectivity index (χ3v) is 6.89. The van der Waals surface area contributed by atoms with Gasteiger partial charge in [-0.3, -0.25) is 19.5 Å². The Balaban J connectivity index is 1.41. The van der Waals surface area contributed by atoms with Crippen LogP contribution in [0.4, 0.5) is 5.95 Å². The van der Waals surface area contributed by atoms with E-state index in [2.05, 4.69) is 31.3 Å². The van der Waals surface area contributed by atoms with Gasteiger partial charge in [-0.15, -0.1) is 0 Å². The Morgan fingerprint density at radius 3 is 2.35 bits per heavy atom. The lowest BCUT2D eigenvalue weighted by Gasteiger charge is -2.22. The van der Waals surface area contributed by atoms with E-state index in [9.17, 15) is 9.59 Å². The number of carbonyl (C=O) groups is 2. The van der Waals surface area contributed by atoms with Crippen LogP contribution in [0.2, 0.25) is 0 Å². The molecule has 1 aromatic heterocycles. The molecule has 0 spiro atoms. The number of amides is 2. The second-order valence-corrected chi connectivity index (χ2v) is 10.00. The zero-order valence-corrected chi connectivity index (χ0v) is 21.6. The summed E-state index contributed by atoms with van der Waals surface area (Å²) in [7, 11) is 0. The average Bonchev–Trinajstić information content (AvgIpc) is 3.62. The first-order chi connectivity index (χ1) is 17.9. The van der Waals surface area contributed by atoms with Gasteiger partial charge in [-0.05, 0) is 74.9 Å². The van der Waals surface area contributed by atoms with E-state index in [1.807, 2.05) is 78.4 Å². The average molecular weight is 493 g/mol. The van der Waals surface area contributed by atoms with Crippen LogP contribution < -0.4 is 5.32 Å². The number of hydrogen-bond donors (Lipinski definition) is 1. The van der Waals surface area contributed by atoms with Gasteiger partial charge in [0.1, 0.15) is 6.54 Å². The number of imidazole rings is 1. The predicted octanol–water partition coefficient (Wildman–Crippen LogP) is 5.96. The van der Waals surface area contributed by atoms with Crippen molar-refractivity contribution in [2.45, 2.75) is 33.6 Å². The van der Waals surface area contributed by atoms with Crippen LogP contribution in [0.1, 0.15) is 39.9 Å². The van der Waals surface area contributed by atoms with Gasteiger partial charge in [0.25, 0.3) is 5.91 Å². The van der Waals surface area contributed by atoms with Crippen molar-refractivity contribution < 1.29 is 9.59 Å². The van der Waals surface area contributed by atoms with Gasteiger partial charge < -0.3 is 4.90 Å². The van der Waals surface area contributed by atoms with Crippen LogP contribution in [0, 0.1) is 26.7 Å². The molecule has 6 nitrogen and oxygen atoms in total. The Bertz CT molecular complexity index is 1420. The molecule has 0 bridgehead atoms. The Kier molecular flexibility index (Phi) is 6.91. The van der Waals surface area contributed by atoms with E-state index in [0.717, 1.165) is 40.9 Å². The topological polar surface area (TPSA) is 67.2 Å². The van der Waals surface area contributed by atoms with E-state index in [-0.39, 0.29) is 18.4 Å². The quantitative estimate of drug-likeness (QED) is 0.330. The lowest BCUT2D eigenvalue weighted by atomic mass is 10.1. The van der Waals surface area contributed by atoms with E-state index >= 15 is 0 Å². The van der Waals surface area contributed by atoms with Gasteiger partial charge in [-0.1, -0.05) is 54.1 Å². The van der Waals surface area contributed by atoms with E-state index in [0.29, 0.717) is 24.0 Å². The van der Waals surface area contributed by atoms with Crippen LogP contribution in [-0.2, 0) is 4.79 Å². The van der Waals surface area contributed by atoms with Gasteiger partial charge in [0.2, 0.25) is 11.9 Å². The van der Waals surface area contributed by atoms with Gasteiger partial charge in [0.05, 0.1) is 5.69 Å². The van der Waals surface area contributed by atoms with Crippen LogP contribution in [0.5, 0.6) is 0 Å². The van der Waals surface area contributed by atoms with E-state index in [1.165, 1.54) is 5.56 Å². The first-order valence-electron chi connectivity index (χ1n) is 12.8. The Hall–Kier alpha value is -4.19. The minimum atomic E-state index is -0.267. The van der Waals surface area contributed by atoms with Crippen LogP contribution in [0.15, 0.2) is 79.0 Å². The Morgan fingerprint density at radius 1 is 0.946 bits per heavy atom. The monoisotopic (exact) mass is 492 g/mol. The lowest BCUT2D eigenvalue weighted by molar-refractivity contribution is -0.117. The molecule has 1 aliphatic rings. The number of rotatable bonds is 8. The zero-order valence-electron chi connectivity index (χ0n) is 21.6. The SMILES string of the molecule is Cc1ccc(C(=O)N(CC(=O)Nc2nc(-c3ccccc3)cn2-c2ccc(C)c(C)c2)CC2CC2)cc1. The molecule has 37 heavy (non-hydrogen) atoms. The maximum Gasteiger partial charge on any atom is 0.254 e. The third kappa shape index (κ3) is 5.80. The molecule has 1 fully saturated rings. The summed E-state index contributed by atoms with van der Waals surface area (Å²) < 4.78 is 1.90. The fourth-order valence-electron chi connectivity index (χ4n) is 4.34. The summed E-state index contributed by atoms with van der Waals surface area (Å²) in [4.78, 5) is 33.0. The van der Waals surface area contributed by atoms with Crippen molar-refractivity contribution in [3.05, 3.63) is 101 Å². The van der Waals surface area contributed by atoms with Crippen LogP contribution in [-0.4, -0.2) is 39.4 Å². The molecule has 3 aromatic carbocycles. The maximum absolute atomic E-state index is 13.3. The highest BCUT2D eigenvalue weighted by molar-refractivity contribution is 5.99. The summed E-state index contributed by atoms with van der Waals surface area (Å²) in [6.45, 7) is 6.69. The van der Waals surface area contributed by atoms with Gasteiger partial charge in [-0.2, -0.15) is 0 Å². The number of carbonyl (C=O) groups excluding carboxylic acids is 2. The maximum atomic E-state index is 13.3. The van der Waals surface area contributed by atoms with Gasteiger partial charge in [0.15, 0.2) is 0 Å². The number of nitrogens with one attached hydrogen (secondary N) is 1. The first-order valence-corrected chi connectivity index (χ1v) is 12.8. The largest absolute Gasteiger partial charge is 0.329 e.